The molecule has 7 nitrogen and oxygen atoms in total. The van der Waals surface area contributed by atoms with Crippen molar-refractivity contribution < 1.29 is 5.11 Å². The van der Waals surface area contributed by atoms with Crippen molar-refractivity contribution in [3.8, 4) is 11.1 Å². The predicted octanol–water partition coefficient (Wildman–Crippen LogP) is 3.05. The van der Waals surface area contributed by atoms with Crippen LogP contribution >= 0.6 is 0 Å². The number of hydrogen-bond donors (Lipinski definition) is 2. The fourth-order valence-electron chi connectivity index (χ4n) is 3.74. The molecule has 0 radical (unpaired) electrons. The summed E-state index contributed by atoms with van der Waals surface area (Å²) in [5.41, 5.74) is 4.83. The number of anilines is 1. The molecular weight excluding hydrogens is 340 g/mol. The molecule has 1 aliphatic carbocycles. The third kappa shape index (κ3) is 3.10. The highest BCUT2D eigenvalue weighted by atomic mass is 16.3. The van der Waals surface area contributed by atoms with Gasteiger partial charge in [-0.05, 0) is 49.4 Å². The lowest BCUT2D eigenvalue weighted by Crippen LogP contribution is -2.29. The van der Waals surface area contributed by atoms with Crippen LogP contribution in [0.1, 0.15) is 25.7 Å². The topological polar surface area (TPSA) is 88.2 Å². The summed E-state index contributed by atoms with van der Waals surface area (Å²) in [6.45, 7) is 0. The van der Waals surface area contributed by atoms with Crippen LogP contribution in [0.2, 0.25) is 0 Å². The van der Waals surface area contributed by atoms with Gasteiger partial charge in [-0.25, -0.2) is 9.50 Å². The zero-order valence-electron chi connectivity index (χ0n) is 14.8. The van der Waals surface area contributed by atoms with E-state index < -0.39 is 0 Å². The summed E-state index contributed by atoms with van der Waals surface area (Å²) in [6, 6.07) is 8.43. The number of hydrogen-bond acceptors (Lipinski definition) is 6. The third-order valence-electron chi connectivity index (χ3n) is 5.23. The maximum absolute atomic E-state index is 9.64. The van der Waals surface area contributed by atoms with Gasteiger partial charge in [0, 0.05) is 30.2 Å². The lowest BCUT2D eigenvalue weighted by Gasteiger charge is -2.26. The molecule has 0 spiro atoms. The Morgan fingerprint density at radius 2 is 1.78 bits per heavy atom. The van der Waals surface area contributed by atoms with Crippen molar-refractivity contribution in [3.05, 3.63) is 49.1 Å². The molecule has 1 saturated carbocycles. The first-order valence-electron chi connectivity index (χ1n) is 9.26. The largest absolute Gasteiger partial charge is 0.393 e. The van der Waals surface area contributed by atoms with Gasteiger partial charge in [0.1, 0.15) is 0 Å². The first-order valence-corrected chi connectivity index (χ1v) is 9.26. The van der Waals surface area contributed by atoms with Crippen LogP contribution in [0.25, 0.3) is 27.7 Å². The van der Waals surface area contributed by atoms with Crippen LogP contribution in [0, 0.1) is 0 Å². The molecule has 0 bridgehead atoms. The number of aliphatic hydroxyl groups is 1. The van der Waals surface area contributed by atoms with E-state index in [1.54, 1.807) is 12.4 Å². The van der Waals surface area contributed by atoms with E-state index in [4.69, 9.17) is 0 Å². The van der Waals surface area contributed by atoms with Crippen molar-refractivity contribution >= 4 is 22.5 Å². The van der Waals surface area contributed by atoms with Gasteiger partial charge in [0.2, 0.25) is 5.95 Å². The third-order valence-corrected chi connectivity index (χ3v) is 5.23. The molecule has 5 rings (SSSR count). The molecule has 0 saturated heterocycles. The molecule has 4 aromatic rings. The molecule has 0 aliphatic heterocycles. The average molecular weight is 360 g/mol. The van der Waals surface area contributed by atoms with E-state index in [0.29, 0.717) is 12.0 Å². The maximum Gasteiger partial charge on any atom is 0.241 e. The molecule has 7 heteroatoms. The Morgan fingerprint density at radius 1 is 0.963 bits per heavy atom. The molecule has 27 heavy (non-hydrogen) atoms. The summed E-state index contributed by atoms with van der Waals surface area (Å²) in [5.74, 6) is 0.621. The Bertz CT molecular complexity index is 1100. The second-order valence-electron chi connectivity index (χ2n) is 7.05. The van der Waals surface area contributed by atoms with E-state index in [2.05, 4.69) is 25.4 Å². The minimum atomic E-state index is -0.162. The first-order chi connectivity index (χ1) is 13.3. The lowest BCUT2D eigenvalue weighted by molar-refractivity contribution is 0.126. The number of benzene rings is 1. The highest BCUT2D eigenvalue weighted by Crippen LogP contribution is 2.27. The summed E-state index contributed by atoms with van der Waals surface area (Å²) in [5, 5.41) is 17.6. The van der Waals surface area contributed by atoms with Gasteiger partial charge in [0.15, 0.2) is 0 Å². The average Bonchev–Trinajstić information content (AvgIpc) is 3.12. The van der Waals surface area contributed by atoms with Crippen molar-refractivity contribution in [2.75, 3.05) is 5.32 Å². The summed E-state index contributed by atoms with van der Waals surface area (Å²) >= 11 is 0. The number of nitrogens with zero attached hydrogens (tertiary/aromatic N) is 5. The molecule has 0 atom stereocenters. The van der Waals surface area contributed by atoms with Gasteiger partial charge in [-0.2, -0.15) is 0 Å². The van der Waals surface area contributed by atoms with E-state index in [9.17, 15) is 5.11 Å². The van der Waals surface area contributed by atoms with E-state index in [1.807, 2.05) is 41.2 Å². The Balaban J connectivity index is 1.44. The van der Waals surface area contributed by atoms with Crippen molar-refractivity contribution in [2.45, 2.75) is 37.8 Å². The smallest absolute Gasteiger partial charge is 0.241 e. The van der Waals surface area contributed by atoms with Crippen LogP contribution in [0.5, 0.6) is 0 Å². The lowest BCUT2D eigenvalue weighted by atomic mass is 9.93. The minimum Gasteiger partial charge on any atom is -0.393 e. The molecule has 2 N–H and O–H groups in total. The van der Waals surface area contributed by atoms with E-state index >= 15 is 0 Å². The number of nitrogens with one attached hydrogen (secondary N) is 1. The number of aromatic nitrogens is 5. The fraction of sp³-hybridized carbons (Fsp3) is 0.300. The Kier molecular flexibility index (Phi) is 3.94. The molecular formula is C20H20N6O. The van der Waals surface area contributed by atoms with Gasteiger partial charge in [-0.15, -0.1) is 5.10 Å². The van der Waals surface area contributed by atoms with Crippen LogP contribution < -0.4 is 5.32 Å². The quantitative estimate of drug-likeness (QED) is 0.584. The van der Waals surface area contributed by atoms with Crippen molar-refractivity contribution in [1.29, 1.82) is 0 Å². The van der Waals surface area contributed by atoms with E-state index in [1.165, 1.54) is 0 Å². The van der Waals surface area contributed by atoms with Crippen molar-refractivity contribution in [2.24, 2.45) is 0 Å². The van der Waals surface area contributed by atoms with Gasteiger partial charge in [-0.3, -0.25) is 9.97 Å². The monoisotopic (exact) mass is 360 g/mol. The minimum absolute atomic E-state index is 0.162. The highest BCUT2D eigenvalue weighted by molar-refractivity contribution is 5.86. The van der Waals surface area contributed by atoms with Crippen molar-refractivity contribution in [1.82, 2.24) is 24.6 Å². The molecule has 1 aromatic carbocycles. The van der Waals surface area contributed by atoms with Crippen molar-refractivity contribution in [3.63, 3.8) is 0 Å². The molecule has 3 heterocycles. The first kappa shape index (κ1) is 16.1. The van der Waals surface area contributed by atoms with Gasteiger partial charge in [-0.1, -0.05) is 6.07 Å². The molecule has 3 aromatic heterocycles. The zero-order valence-corrected chi connectivity index (χ0v) is 14.8. The summed E-state index contributed by atoms with van der Waals surface area (Å²) in [4.78, 5) is 13.2. The fourth-order valence-corrected chi connectivity index (χ4v) is 3.74. The molecule has 1 aliphatic rings. The number of rotatable bonds is 3. The van der Waals surface area contributed by atoms with Gasteiger partial charge in [0.25, 0.3) is 0 Å². The second-order valence-corrected chi connectivity index (χ2v) is 7.05. The van der Waals surface area contributed by atoms with Gasteiger partial charge < -0.3 is 10.4 Å². The zero-order chi connectivity index (χ0) is 18.2. The SMILES string of the molecule is O[C@H]1CC[C@@H](Nc2ncc3c(-c4ccc5nccnc5c4)ccn3n2)CC1. The van der Waals surface area contributed by atoms with Crippen LogP contribution in [0.4, 0.5) is 5.95 Å². The number of fused-ring (bicyclic) bond motifs is 2. The summed E-state index contributed by atoms with van der Waals surface area (Å²) in [7, 11) is 0. The second kappa shape index (κ2) is 6.59. The normalized spacial score (nSPS) is 20.2. The summed E-state index contributed by atoms with van der Waals surface area (Å²) < 4.78 is 1.85. The maximum atomic E-state index is 9.64. The van der Waals surface area contributed by atoms with Gasteiger partial charge >= 0.3 is 0 Å². The van der Waals surface area contributed by atoms with E-state index in [0.717, 1.165) is 53.4 Å². The highest BCUT2D eigenvalue weighted by Gasteiger charge is 2.20. The predicted molar refractivity (Wildman–Crippen MR) is 103 cm³/mol. The standard InChI is InChI=1S/C20H20N6O/c27-15-4-2-14(3-5-15)24-20-23-12-19-16(7-10-26(19)25-20)13-1-6-17-18(11-13)22-9-8-21-17/h1,6-12,14-15,27H,2-5H2,(H,24,25)/t14-,15+. The van der Waals surface area contributed by atoms with Crippen LogP contribution in [-0.2, 0) is 0 Å². The Morgan fingerprint density at radius 3 is 2.63 bits per heavy atom. The van der Waals surface area contributed by atoms with Crippen LogP contribution in [-0.4, -0.2) is 41.8 Å². The Hall–Kier alpha value is -3.06. The van der Waals surface area contributed by atoms with E-state index in [-0.39, 0.29) is 6.10 Å². The van der Waals surface area contributed by atoms with Gasteiger partial charge in [0.05, 0.1) is 28.9 Å². The van der Waals surface area contributed by atoms with Crippen LogP contribution in [0.15, 0.2) is 49.1 Å². The molecule has 136 valence electrons. The molecule has 0 unspecified atom stereocenters. The molecule has 0 amide bonds. The Labute approximate surface area is 156 Å². The van der Waals surface area contributed by atoms with Crippen LogP contribution in [0.3, 0.4) is 0 Å². The number of aliphatic hydroxyl groups excluding tert-OH is 1. The molecule has 1 fully saturated rings. The summed E-state index contributed by atoms with van der Waals surface area (Å²) in [6.07, 6.45) is 10.6.